The molecule has 0 fully saturated rings. The van der Waals surface area contributed by atoms with Gasteiger partial charge in [-0.25, -0.2) is 4.79 Å². The Hall–Kier alpha value is -4.30. The number of hydrogen-bond donors (Lipinski definition) is 3. The molecular weight excluding hydrogens is 669 g/mol. The van der Waals surface area contributed by atoms with Crippen LogP contribution in [0.5, 0.6) is 0 Å². The van der Waals surface area contributed by atoms with Gasteiger partial charge in [0.05, 0.1) is 16.5 Å². The van der Waals surface area contributed by atoms with Crippen LogP contribution in [0.25, 0.3) is 44.6 Å². The van der Waals surface area contributed by atoms with Gasteiger partial charge in [0.15, 0.2) is 0 Å². The third kappa shape index (κ3) is 7.49. The van der Waals surface area contributed by atoms with E-state index in [4.69, 9.17) is 4.42 Å². The molecule has 13 heteroatoms. The smallest absolute Gasteiger partial charge is 0.336 e. The summed E-state index contributed by atoms with van der Waals surface area (Å²) in [7, 11) is -5.51. The van der Waals surface area contributed by atoms with E-state index < -0.39 is 48.7 Å². The Labute approximate surface area is 286 Å². The minimum Gasteiger partial charge on any atom is -0.478 e. The molecule has 11 nitrogen and oxygen atoms in total. The Bertz CT molecular complexity index is 2360. The predicted molar refractivity (Wildman–Crippen MR) is 192 cm³/mol. The fraction of sp³-hybridized carbons (Fsp3) is 0.333. The molecule has 0 atom stereocenters. The number of likely N-dealkylation sites (N-methyl/N-ethyl adjacent to an activating group) is 1. The second-order valence-electron chi connectivity index (χ2n) is 14.2. The van der Waals surface area contributed by atoms with Crippen LogP contribution in [-0.4, -0.2) is 68.2 Å². The Morgan fingerprint density at radius 1 is 0.959 bits per heavy atom. The number of anilines is 1. The maximum atomic E-state index is 12.7. The highest BCUT2D eigenvalue weighted by Gasteiger charge is 2.33. The van der Waals surface area contributed by atoms with Gasteiger partial charge in [-0.3, -0.25) is 14.1 Å². The van der Waals surface area contributed by atoms with Crippen LogP contribution in [0.2, 0.25) is 0 Å². The number of carbonyl (C=O) groups is 1. The zero-order valence-electron chi connectivity index (χ0n) is 28.6. The van der Waals surface area contributed by atoms with E-state index in [9.17, 15) is 35.8 Å². The van der Waals surface area contributed by atoms with Crippen molar-refractivity contribution in [3.63, 3.8) is 0 Å². The summed E-state index contributed by atoms with van der Waals surface area (Å²) >= 11 is 0. The SMILES string of the molecule is CN=c1cc2oc3cc4c(cc3c(-c3ccc(C)cc3C(=O)O)c-2cc1/C(=C\C(C)(C)C)CS(=O)(=O)O)C(CS(=O)(=O)O)=CC(C)(C)N4C. The van der Waals surface area contributed by atoms with Crippen LogP contribution in [0.4, 0.5) is 5.69 Å². The van der Waals surface area contributed by atoms with E-state index in [0.29, 0.717) is 72.3 Å². The third-order valence-electron chi connectivity index (χ3n) is 8.60. The Balaban J connectivity index is 2.02. The summed E-state index contributed by atoms with van der Waals surface area (Å²) in [5.41, 5.74) is 3.36. The molecule has 0 radical (unpaired) electrons. The molecule has 1 aliphatic carbocycles. The van der Waals surface area contributed by atoms with Gasteiger partial charge in [0.25, 0.3) is 20.2 Å². The Morgan fingerprint density at radius 2 is 1.63 bits per heavy atom. The van der Waals surface area contributed by atoms with Gasteiger partial charge in [-0.05, 0) is 61.1 Å². The van der Waals surface area contributed by atoms with Gasteiger partial charge in [0, 0.05) is 59.6 Å². The lowest BCUT2D eigenvalue weighted by Gasteiger charge is -2.41. The molecule has 49 heavy (non-hydrogen) atoms. The molecule has 260 valence electrons. The molecule has 2 aliphatic heterocycles. The number of rotatable bonds is 7. The molecule has 0 bridgehead atoms. The van der Waals surface area contributed by atoms with Crippen molar-refractivity contribution in [1.29, 1.82) is 0 Å². The number of benzene rings is 3. The number of carboxylic acid groups (broad SMARTS) is 1. The van der Waals surface area contributed by atoms with Crippen molar-refractivity contribution >= 4 is 54.0 Å². The normalized spacial score (nSPS) is 15.9. The molecule has 0 amide bonds. The van der Waals surface area contributed by atoms with Crippen LogP contribution < -0.4 is 10.3 Å². The summed E-state index contributed by atoms with van der Waals surface area (Å²) in [4.78, 5) is 19.1. The number of fused-ring (bicyclic) bond motifs is 3. The first kappa shape index (κ1) is 36.0. The van der Waals surface area contributed by atoms with Gasteiger partial charge in [-0.15, -0.1) is 0 Å². The van der Waals surface area contributed by atoms with Gasteiger partial charge < -0.3 is 14.4 Å². The first-order valence-corrected chi connectivity index (χ1v) is 18.6. The van der Waals surface area contributed by atoms with E-state index in [1.54, 1.807) is 68.6 Å². The Kier molecular flexibility index (Phi) is 8.99. The van der Waals surface area contributed by atoms with Crippen LogP contribution in [0.3, 0.4) is 0 Å². The molecule has 3 aliphatic rings. The molecule has 0 aromatic heterocycles. The van der Waals surface area contributed by atoms with Crippen LogP contribution in [0.15, 0.2) is 64.0 Å². The van der Waals surface area contributed by atoms with Crippen LogP contribution in [-0.2, 0) is 20.2 Å². The topological polar surface area (TPSA) is 175 Å². The number of aryl methyl sites for hydroxylation is 1. The van der Waals surface area contributed by atoms with E-state index in [2.05, 4.69) is 4.99 Å². The molecule has 0 saturated heterocycles. The van der Waals surface area contributed by atoms with Crippen molar-refractivity contribution in [2.45, 2.75) is 47.1 Å². The summed E-state index contributed by atoms with van der Waals surface area (Å²) in [6.45, 7) is 11.3. The standard InChI is InChI=1S/C36H40N2O9S2/c1-20-9-10-23(26(11-20)34(39)40)33-27-12-24(21(16-35(2,3)4)18-48(41,42)43)29(37-7)14-31(27)47-32-15-30-25(13-28(32)33)22(19-49(44,45)46)17-36(5,6)38(30)8/h9-17H,18-19H2,1-8H3,(H,39,40)(H,41,42,43)(H,44,45,46)/b21-16-,37-29?. The van der Waals surface area contributed by atoms with E-state index in [1.807, 2.05) is 46.6 Å². The summed E-state index contributed by atoms with van der Waals surface area (Å²) in [5.74, 6) is -2.18. The van der Waals surface area contributed by atoms with E-state index >= 15 is 0 Å². The lowest BCUT2D eigenvalue weighted by atomic mass is 9.84. The van der Waals surface area contributed by atoms with Gasteiger partial charge >= 0.3 is 5.97 Å². The number of carboxylic acids is 1. The fourth-order valence-electron chi connectivity index (χ4n) is 6.43. The minimum atomic E-state index is -4.48. The first-order chi connectivity index (χ1) is 22.5. The van der Waals surface area contributed by atoms with Crippen LogP contribution in [0.1, 0.15) is 61.7 Å². The average Bonchev–Trinajstić information content (AvgIpc) is 2.94. The monoisotopic (exact) mass is 708 g/mol. The molecule has 2 heterocycles. The van der Waals surface area contributed by atoms with Crippen molar-refractivity contribution < 1.29 is 40.3 Å². The summed E-state index contributed by atoms with van der Waals surface area (Å²) in [6.07, 6.45) is 3.51. The van der Waals surface area contributed by atoms with Crippen LogP contribution in [0, 0.1) is 12.3 Å². The van der Waals surface area contributed by atoms with Gasteiger partial charge in [-0.2, -0.15) is 16.8 Å². The summed E-state index contributed by atoms with van der Waals surface area (Å²) in [5, 5.41) is 11.2. The molecule has 0 saturated carbocycles. The van der Waals surface area contributed by atoms with Crippen molar-refractivity contribution in [1.82, 2.24) is 0 Å². The van der Waals surface area contributed by atoms with Crippen LogP contribution >= 0.6 is 0 Å². The van der Waals surface area contributed by atoms with E-state index in [0.717, 1.165) is 0 Å². The van der Waals surface area contributed by atoms with Crippen molar-refractivity contribution in [2.75, 3.05) is 30.5 Å². The second kappa shape index (κ2) is 12.2. The highest BCUT2D eigenvalue weighted by Crippen LogP contribution is 2.47. The maximum absolute atomic E-state index is 12.7. The minimum absolute atomic E-state index is 0.00710. The summed E-state index contributed by atoms with van der Waals surface area (Å²) in [6, 6.07) is 11.9. The second-order valence-corrected chi connectivity index (χ2v) is 17.1. The summed E-state index contributed by atoms with van der Waals surface area (Å²) < 4.78 is 75.2. The molecule has 2 aromatic rings. The zero-order valence-corrected chi connectivity index (χ0v) is 30.2. The molecular formula is C36H40N2O9S2. The van der Waals surface area contributed by atoms with E-state index in [1.165, 1.54) is 0 Å². The highest BCUT2D eigenvalue weighted by molar-refractivity contribution is 7.86. The third-order valence-corrected chi connectivity index (χ3v) is 9.95. The Morgan fingerprint density at radius 3 is 2.20 bits per heavy atom. The molecule has 3 N–H and O–H groups in total. The molecule has 0 unspecified atom stereocenters. The highest BCUT2D eigenvalue weighted by atomic mass is 32.2. The van der Waals surface area contributed by atoms with Crippen molar-refractivity contribution in [3.05, 3.63) is 82.2 Å². The predicted octanol–water partition coefficient (Wildman–Crippen LogP) is 6.56. The molecule has 5 rings (SSSR count). The largest absolute Gasteiger partial charge is 0.478 e. The fourth-order valence-corrected chi connectivity index (χ4v) is 7.69. The van der Waals surface area contributed by atoms with Crippen molar-refractivity contribution in [2.24, 2.45) is 10.4 Å². The number of hydrogen-bond acceptors (Lipinski definition) is 8. The van der Waals surface area contributed by atoms with Crippen molar-refractivity contribution in [3.8, 4) is 22.5 Å². The van der Waals surface area contributed by atoms with Gasteiger partial charge in [-0.1, -0.05) is 50.6 Å². The first-order valence-electron chi connectivity index (χ1n) is 15.4. The quantitative estimate of drug-likeness (QED) is 0.141. The van der Waals surface area contributed by atoms with Gasteiger partial charge in [0.2, 0.25) is 0 Å². The molecule has 2 aromatic carbocycles. The number of allylic oxidation sites excluding steroid dienone is 1. The number of nitrogens with zero attached hydrogens (tertiary/aromatic N) is 2. The lowest BCUT2D eigenvalue weighted by Crippen LogP contribution is -2.42. The van der Waals surface area contributed by atoms with Gasteiger partial charge in [0.1, 0.15) is 22.8 Å². The number of aromatic carboxylic acids is 1. The maximum Gasteiger partial charge on any atom is 0.336 e. The lowest BCUT2D eigenvalue weighted by molar-refractivity contribution is 0.0697. The molecule has 0 spiro atoms. The average molecular weight is 709 g/mol. The zero-order chi connectivity index (χ0) is 36.4. The van der Waals surface area contributed by atoms with E-state index in [-0.39, 0.29) is 5.56 Å².